The van der Waals surface area contributed by atoms with Crippen molar-refractivity contribution < 1.29 is 16.8 Å². The Balaban J connectivity index is 2.34. The van der Waals surface area contributed by atoms with Gasteiger partial charge in [0, 0.05) is 11.7 Å². The lowest BCUT2D eigenvalue weighted by Gasteiger charge is -2.24. The van der Waals surface area contributed by atoms with Gasteiger partial charge < -0.3 is 5.73 Å². The van der Waals surface area contributed by atoms with Crippen LogP contribution in [0.5, 0.6) is 0 Å². The van der Waals surface area contributed by atoms with Crippen LogP contribution in [0.25, 0.3) is 0 Å². The van der Waals surface area contributed by atoms with Crippen LogP contribution in [0.4, 0.5) is 5.69 Å². The summed E-state index contributed by atoms with van der Waals surface area (Å²) in [7, 11) is -6.95. The average Bonchev–Trinajstić information content (AvgIpc) is 2.32. The second-order valence-corrected chi connectivity index (χ2v) is 9.38. The van der Waals surface area contributed by atoms with Gasteiger partial charge in [-0.15, -0.1) is 0 Å². The number of sulfonamides is 1. The van der Waals surface area contributed by atoms with E-state index in [-0.39, 0.29) is 16.4 Å². The molecule has 0 bridgehead atoms. The van der Waals surface area contributed by atoms with Gasteiger partial charge in [-0.05, 0) is 43.9 Å². The van der Waals surface area contributed by atoms with Gasteiger partial charge in [0.15, 0.2) is 9.84 Å². The molecule has 1 fully saturated rings. The predicted octanol–water partition coefficient (Wildman–Crippen LogP) is 0.741. The number of rotatable bonds is 3. The molecule has 6 nitrogen and oxygen atoms in total. The van der Waals surface area contributed by atoms with E-state index in [1.165, 1.54) is 0 Å². The van der Waals surface area contributed by atoms with E-state index < -0.39 is 25.9 Å². The van der Waals surface area contributed by atoms with Crippen molar-refractivity contribution in [2.24, 2.45) is 0 Å². The zero-order valence-corrected chi connectivity index (χ0v) is 13.7. The van der Waals surface area contributed by atoms with E-state index in [1.807, 2.05) is 0 Å². The Labute approximate surface area is 125 Å². The number of sulfone groups is 1. The maximum atomic E-state index is 12.5. The molecule has 1 saturated heterocycles. The van der Waals surface area contributed by atoms with Gasteiger partial charge in [0.2, 0.25) is 10.0 Å². The summed E-state index contributed by atoms with van der Waals surface area (Å²) in [4.78, 5) is 0.144. The molecule has 118 valence electrons. The summed E-state index contributed by atoms with van der Waals surface area (Å²) in [6, 6.07) is 2.73. The highest BCUT2D eigenvalue weighted by Gasteiger charge is 2.30. The molecule has 0 radical (unpaired) electrons. The molecule has 21 heavy (non-hydrogen) atoms. The topological polar surface area (TPSA) is 106 Å². The third kappa shape index (κ3) is 3.56. The van der Waals surface area contributed by atoms with Crippen molar-refractivity contribution in [3.63, 3.8) is 0 Å². The number of hydrogen-bond donors (Lipinski definition) is 2. The summed E-state index contributed by atoms with van der Waals surface area (Å²) in [5.41, 5.74) is 7.25. The third-order valence-corrected chi connectivity index (χ3v) is 7.33. The summed E-state index contributed by atoms with van der Waals surface area (Å²) in [6.45, 7) is 3.34. The minimum absolute atomic E-state index is 0.127. The SMILES string of the molecule is Cc1ccc(N)c(C)c1S(=O)(=O)NC1CCCS(=O)(=O)C1. The van der Waals surface area contributed by atoms with Gasteiger partial charge in [-0.1, -0.05) is 6.07 Å². The Morgan fingerprint density at radius 3 is 2.57 bits per heavy atom. The Kier molecular flexibility index (Phi) is 4.32. The second-order valence-electron chi connectivity index (χ2n) is 5.50. The molecular formula is C13H20N2O4S2. The minimum Gasteiger partial charge on any atom is -0.398 e. The van der Waals surface area contributed by atoms with E-state index in [1.54, 1.807) is 26.0 Å². The van der Waals surface area contributed by atoms with Crippen LogP contribution in [-0.4, -0.2) is 34.4 Å². The molecule has 1 aromatic rings. The summed E-state index contributed by atoms with van der Waals surface area (Å²) in [5.74, 6) is -0.0196. The number of nitrogens with two attached hydrogens (primary N) is 1. The Morgan fingerprint density at radius 2 is 1.95 bits per heavy atom. The number of aryl methyl sites for hydroxylation is 1. The highest BCUT2D eigenvalue weighted by atomic mass is 32.2. The minimum atomic E-state index is -3.79. The number of hydrogen-bond acceptors (Lipinski definition) is 5. The van der Waals surface area contributed by atoms with Gasteiger partial charge in [0.25, 0.3) is 0 Å². The Bertz CT molecular complexity index is 755. The third-order valence-electron chi connectivity index (χ3n) is 3.70. The normalized spacial score (nSPS) is 22.1. The van der Waals surface area contributed by atoms with Crippen LogP contribution in [0.2, 0.25) is 0 Å². The van der Waals surface area contributed by atoms with Crippen LogP contribution < -0.4 is 10.5 Å². The van der Waals surface area contributed by atoms with E-state index in [0.717, 1.165) is 0 Å². The van der Waals surface area contributed by atoms with Crippen LogP contribution in [0.1, 0.15) is 24.0 Å². The zero-order chi connectivity index (χ0) is 15.8. The fourth-order valence-corrected chi connectivity index (χ4v) is 6.16. The summed E-state index contributed by atoms with van der Waals surface area (Å²) < 4.78 is 50.8. The summed E-state index contributed by atoms with van der Waals surface area (Å²) >= 11 is 0. The van der Waals surface area contributed by atoms with Crippen LogP contribution in [0, 0.1) is 13.8 Å². The number of benzene rings is 1. The van der Waals surface area contributed by atoms with Crippen molar-refractivity contribution in [2.75, 3.05) is 17.2 Å². The fourth-order valence-electron chi connectivity index (χ4n) is 2.65. The predicted molar refractivity (Wildman–Crippen MR) is 82.3 cm³/mol. The van der Waals surface area contributed by atoms with Crippen LogP contribution in [-0.2, 0) is 19.9 Å². The standard InChI is InChI=1S/C13H20N2O4S2/c1-9-5-6-12(14)10(2)13(9)21(18,19)15-11-4-3-7-20(16,17)8-11/h5-6,11,15H,3-4,7-8,14H2,1-2H3. The maximum absolute atomic E-state index is 12.5. The van der Waals surface area contributed by atoms with Crippen molar-refractivity contribution in [3.8, 4) is 0 Å². The fraction of sp³-hybridized carbons (Fsp3) is 0.538. The molecule has 1 aliphatic heterocycles. The lowest BCUT2D eigenvalue weighted by molar-refractivity contribution is 0.517. The number of anilines is 1. The zero-order valence-electron chi connectivity index (χ0n) is 12.1. The van der Waals surface area contributed by atoms with Crippen molar-refractivity contribution >= 4 is 25.5 Å². The maximum Gasteiger partial charge on any atom is 0.241 e. The lowest BCUT2D eigenvalue weighted by Crippen LogP contribution is -2.43. The molecule has 1 atom stereocenters. The molecule has 1 aromatic carbocycles. The number of nitrogens with one attached hydrogen (secondary N) is 1. The molecule has 0 amide bonds. The number of nitrogen functional groups attached to an aromatic ring is 1. The monoisotopic (exact) mass is 332 g/mol. The van der Waals surface area contributed by atoms with Gasteiger partial charge in [-0.3, -0.25) is 0 Å². The van der Waals surface area contributed by atoms with E-state index in [9.17, 15) is 16.8 Å². The first-order valence-electron chi connectivity index (χ1n) is 6.71. The molecular weight excluding hydrogens is 312 g/mol. The van der Waals surface area contributed by atoms with E-state index in [2.05, 4.69) is 4.72 Å². The first-order valence-corrected chi connectivity index (χ1v) is 10.0. The summed E-state index contributed by atoms with van der Waals surface area (Å²) in [6.07, 6.45) is 1.00. The summed E-state index contributed by atoms with van der Waals surface area (Å²) in [5, 5.41) is 0. The Morgan fingerprint density at radius 1 is 1.29 bits per heavy atom. The molecule has 0 aromatic heterocycles. The molecule has 1 aliphatic rings. The molecule has 3 N–H and O–H groups in total. The van der Waals surface area contributed by atoms with Crippen LogP contribution >= 0.6 is 0 Å². The largest absolute Gasteiger partial charge is 0.398 e. The van der Waals surface area contributed by atoms with E-state index >= 15 is 0 Å². The molecule has 0 saturated carbocycles. The highest BCUT2D eigenvalue weighted by Crippen LogP contribution is 2.25. The van der Waals surface area contributed by atoms with Crippen molar-refractivity contribution in [1.29, 1.82) is 0 Å². The molecule has 1 heterocycles. The molecule has 0 spiro atoms. The first-order chi connectivity index (χ1) is 9.62. The van der Waals surface area contributed by atoms with Gasteiger partial charge in [-0.25, -0.2) is 21.6 Å². The van der Waals surface area contributed by atoms with Gasteiger partial charge >= 0.3 is 0 Å². The van der Waals surface area contributed by atoms with Gasteiger partial charge in [-0.2, -0.15) is 0 Å². The van der Waals surface area contributed by atoms with Crippen molar-refractivity contribution in [2.45, 2.75) is 37.6 Å². The van der Waals surface area contributed by atoms with Crippen LogP contribution in [0.3, 0.4) is 0 Å². The second kappa shape index (κ2) is 5.58. The average molecular weight is 332 g/mol. The smallest absolute Gasteiger partial charge is 0.241 e. The van der Waals surface area contributed by atoms with Gasteiger partial charge in [0.1, 0.15) is 0 Å². The quantitative estimate of drug-likeness (QED) is 0.794. The molecule has 1 unspecified atom stereocenters. The first kappa shape index (κ1) is 16.3. The van der Waals surface area contributed by atoms with Gasteiger partial charge in [0.05, 0.1) is 16.4 Å². The highest BCUT2D eigenvalue weighted by molar-refractivity contribution is 7.91. The lowest BCUT2D eigenvalue weighted by atomic mass is 10.1. The van der Waals surface area contributed by atoms with Crippen molar-refractivity contribution in [3.05, 3.63) is 23.3 Å². The van der Waals surface area contributed by atoms with E-state index in [4.69, 9.17) is 5.73 Å². The Hall–Kier alpha value is -1.12. The van der Waals surface area contributed by atoms with Crippen LogP contribution in [0.15, 0.2) is 17.0 Å². The van der Waals surface area contributed by atoms with Crippen molar-refractivity contribution in [1.82, 2.24) is 4.72 Å². The molecule has 2 rings (SSSR count). The van der Waals surface area contributed by atoms with E-state index in [0.29, 0.717) is 29.7 Å². The molecule has 8 heteroatoms. The molecule has 0 aliphatic carbocycles.